The van der Waals surface area contributed by atoms with E-state index in [1.165, 1.54) is 6.20 Å². The summed E-state index contributed by atoms with van der Waals surface area (Å²) in [5, 5.41) is 19.1. The minimum Gasteiger partial charge on any atom is -0.444 e. The molecule has 9 heteroatoms. The molecule has 1 rings (SSSR count). The van der Waals surface area contributed by atoms with Crippen LogP contribution in [0.3, 0.4) is 0 Å². The number of amides is 1. The maximum atomic E-state index is 11.4. The molecule has 0 aliphatic carbocycles. The molecule has 1 unspecified atom stereocenters. The number of nitrogens with two attached hydrogens (primary N) is 1. The van der Waals surface area contributed by atoms with Crippen molar-refractivity contribution >= 4 is 11.9 Å². The number of nitro groups is 1. The van der Waals surface area contributed by atoms with Crippen molar-refractivity contribution in [3.05, 3.63) is 21.9 Å². The van der Waals surface area contributed by atoms with Gasteiger partial charge in [0.15, 0.2) is 0 Å². The van der Waals surface area contributed by atoms with E-state index in [0.717, 1.165) is 0 Å². The number of nitrogens with one attached hydrogen (secondary N) is 2. The van der Waals surface area contributed by atoms with Crippen LogP contribution in [0.5, 0.6) is 0 Å². The second-order valence-electron chi connectivity index (χ2n) is 5.35. The van der Waals surface area contributed by atoms with E-state index in [-0.39, 0.29) is 18.8 Å². The lowest BCUT2D eigenvalue weighted by atomic mass is 10.1. The molecule has 112 valence electrons. The molecule has 0 aliphatic rings. The summed E-state index contributed by atoms with van der Waals surface area (Å²) in [7, 11) is 0. The van der Waals surface area contributed by atoms with E-state index in [1.54, 1.807) is 20.8 Å². The highest BCUT2D eigenvalue weighted by molar-refractivity contribution is 5.67. The van der Waals surface area contributed by atoms with Gasteiger partial charge in [-0.15, -0.1) is 5.10 Å². The number of aromatic amines is 1. The van der Waals surface area contributed by atoms with Crippen LogP contribution in [0.15, 0.2) is 6.20 Å². The second-order valence-corrected chi connectivity index (χ2v) is 5.35. The standard InChI is InChI=1S/C11H19N5O4/c1-11(2,3)20-10(17)13-6-8(12)4-7-5-14-15-9(7)16(18)19/h5,8H,4,6,12H2,1-3H3,(H,13,17)(H,14,15). The van der Waals surface area contributed by atoms with Crippen molar-refractivity contribution in [2.75, 3.05) is 6.54 Å². The summed E-state index contributed by atoms with van der Waals surface area (Å²) in [6.45, 7) is 5.40. The Hall–Kier alpha value is -2.16. The molecule has 1 aromatic rings. The van der Waals surface area contributed by atoms with E-state index in [9.17, 15) is 14.9 Å². The Kier molecular flexibility index (Phi) is 5.03. The first kappa shape index (κ1) is 15.9. The molecule has 0 fully saturated rings. The third kappa shape index (κ3) is 5.22. The summed E-state index contributed by atoms with van der Waals surface area (Å²) >= 11 is 0. The van der Waals surface area contributed by atoms with Crippen LogP contribution in [0.4, 0.5) is 10.6 Å². The predicted molar refractivity (Wildman–Crippen MR) is 71.2 cm³/mol. The normalized spacial score (nSPS) is 12.8. The van der Waals surface area contributed by atoms with E-state index < -0.39 is 22.7 Å². The van der Waals surface area contributed by atoms with Crippen molar-refractivity contribution in [2.45, 2.75) is 38.8 Å². The van der Waals surface area contributed by atoms with Gasteiger partial charge in [-0.05, 0) is 32.1 Å². The summed E-state index contributed by atoms with van der Waals surface area (Å²) < 4.78 is 5.05. The number of carbonyl (C=O) groups excluding carboxylic acids is 1. The monoisotopic (exact) mass is 285 g/mol. The molecule has 0 aromatic carbocycles. The van der Waals surface area contributed by atoms with Crippen LogP contribution < -0.4 is 11.1 Å². The molecular formula is C11H19N5O4. The zero-order chi connectivity index (χ0) is 15.3. The summed E-state index contributed by atoms with van der Waals surface area (Å²) in [6.07, 6.45) is 1.00. The van der Waals surface area contributed by atoms with Gasteiger partial charge in [-0.2, -0.15) is 0 Å². The Labute approximate surface area is 116 Å². The third-order valence-corrected chi connectivity index (χ3v) is 2.27. The van der Waals surface area contributed by atoms with Crippen LogP contribution in [-0.2, 0) is 11.2 Å². The predicted octanol–water partition coefficient (Wildman–Crippen LogP) is 0.712. The van der Waals surface area contributed by atoms with E-state index in [1.807, 2.05) is 0 Å². The molecule has 1 atom stereocenters. The van der Waals surface area contributed by atoms with Crippen LogP contribution in [0.2, 0.25) is 0 Å². The largest absolute Gasteiger partial charge is 0.444 e. The summed E-state index contributed by atoms with van der Waals surface area (Å²) in [6, 6.07) is -0.473. The summed E-state index contributed by atoms with van der Waals surface area (Å²) in [5.41, 5.74) is 5.62. The third-order valence-electron chi connectivity index (χ3n) is 2.27. The Morgan fingerprint density at radius 1 is 1.65 bits per heavy atom. The number of hydrogen-bond acceptors (Lipinski definition) is 6. The first-order valence-electron chi connectivity index (χ1n) is 6.08. The van der Waals surface area contributed by atoms with Gasteiger partial charge in [0.1, 0.15) is 5.60 Å². The Morgan fingerprint density at radius 3 is 2.85 bits per heavy atom. The minimum absolute atomic E-state index is 0.150. The van der Waals surface area contributed by atoms with E-state index in [4.69, 9.17) is 10.5 Å². The molecule has 1 heterocycles. The molecule has 0 saturated carbocycles. The minimum atomic E-state index is -0.586. The van der Waals surface area contributed by atoms with Gasteiger partial charge in [0, 0.05) is 12.6 Å². The molecule has 9 nitrogen and oxygen atoms in total. The molecule has 0 spiro atoms. The number of hydrogen-bond donors (Lipinski definition) is 3. The first-order valence-corrected chi connectivity index (χ1v) is 6.08. The quantitative estimate of drug-likeness (QED) is 0.538. The molecular weight excluding hydrogens is 266 g/mol. The maximum absolute atomic E-state index is 11.4. The van der Waals surface area contributed by atoms with Gasteiger partial charge >= 0.3 is 11.9 Å². The molecule has 0 aliphatic heterocycles. The lowest BCUT2D eigenvalue weighted by molar-refractivity contribution is -0.390. The van der Waals surface area contributed by atoms with Crippen molar-refractivity contribution in [3.8, 4) is 0 Å². The zero-order valence-electron chi connectivity index (χ0n) is 11.7. The van der Waals surface area contributed by atoms with Crippen LogP contribution in [0, 0.1) is 10.1 Å². The summed E-state index contributed by atoms with van der Waals surface area (Å²) in [4.78, 5) is 21.6. The van der Waals surface area contributed by atoms with Gasteiger partial charge < -0.3 is 25.9 Å². The average molecular weight is 285 g/mol. The molecule has 0 bridgehead atoms. The highest BCUT2D eigenvalue weighted by atomic mass is 16.6. The lowest BCUT2D eigenvalue weighted by Crippen LogP contribution is -2.41. The van der Waals surface area contributed by atoms with Crippen LogP contribution >= 0.6 is 0 Å². The van der Waals surface area contributed by atoms with Crippen molar-refractivity contribution in [1.82, 2.24) is 15.5 Å². The molecule has 4 N–H and O–H groups in total. The van der Waals surface area contributed by atoms with Gasteiger partial charge in [0.2, 0.25) is 0 Å². The van der Waals surface area contributed by atoms with Gasteiger partial charge in [-0.1, -0.05) is 5.10 Å². The SMILES string of the molecule is CC(C)(C)OC(=O)NCC(N)Cc1cn[nH]c1[N+](=O)[O-]. The second kappa shape index (κ2) is 6.33. The Bertz CT molecular complexity index is 479. The Morgan fingerprint density at radius 2 is 2.30 bits per heavy atom. The smallest absolute Gasteiger partial charge is 0.407 e. The highest BCUT2D eigenvalue weighted by Crippen LogP contribution is 2.15. The molecule has 1 amide bonds. The van der Waals surface area contributed by atoms with E-state index in [0.29, 0.717) is 5.56 Å². The number of alkyl carbamates (subject to hydrolysis) is 1. The van der Waals surface area contributed by atoms with Gasteiger partial charge in [-0.3, -0.25) is 0 Å². The van der Waals surface area contributed by atoms with Crippen molar-refractivity contribution in [2.24, 2.45) is 5.73 Å². The fraction of sp³-hybridized carbons (Fsp3) is 0.636. The van der Waals surface area contributed by atoms with E-state index >= 15 is 0 Å². The fourth-order valence-electron chi connectivity index (χ4n) is 1.49. The number of ether oxygens (including phenoxy) is 1. The van der Waals surface area contributed by atoms with Gasteiger partial charge in [0.25, 0.3) is 0 Å². The molecule has 20 heavy (non-hydrogen) atoms. The maximum Gasteiger partial charge on any atom is 0.407 e. The number of carbonyl (C=O) groups is 1. The molecule has 1 aromatic heterocycles. The van der Waals surface area contributed by atoms with E-state index in [2.05, 4.69) is 15.5 Å². The first-order chi connectivity index (χ1) is 9.19. The molecule has 0 radical (unpaired) electrons. The highest BCUT2D eigenvalue weighted by Gasteiger charge is 2.19. The zero-order valence-corrected chi connectivity index (χ0v) is 11.7. The Balaban J connectivity index is 2.44. The van der Waals surface area contributed by atoms with Crippen molar-refractivity contribution < 1.29 is 14.5 Å². The average Bonchev–Trinajstić information content (AvgIpc) is 2.72. The number of rotatable bonds is 5. The van der Waals surface area contributed by atoms with Crippen LogP contribution in [0.25, 0.3) is 0 Å². The fourth-order valence-corrected chi connectivity index (χ4v) is 1.49. The lowest BCUT2D eigenvalue weighted by Gasteiger charge is -2.20. The van der Waals surface area contributed by atoms with Crippen molar-refractivity contribution in [1.29, 1.82) is 0 Å². The van der Waals surface area contributed by atoms with Crippen LogP contribution in [0.1, 0.15) is 26.3 Å². The van der Waals surface area contributed by atoms with Crippen molar-refractivity contribution in [3.63, 3.8) is 0 Å². The van der Waals surface area contributed by atoms with Gasteiger partial charge in [-0.25, -0.2) is 4.79 Å². The molecule has 0 saturated heterocycles. The topological polar surface area (TPSA) is 136 Å². The summed E-state index contributed by atoms with van der Waals surface area (Å²) in [5.74, 6) is -0.183. The van der Waals surface area contributed by atoms with Gasteiger partial charge in [0.05, 0.1) is 11.8 Å². The van der Waals surface area contributed by atoms with Crippen LogP contribution in [-0.4, -0.2) is 39.4 Å². The number of nitrogens with zero attached hydrogens (tertiary/aromatic N) is 2. The number of H-pyrrole nitrogens is 1. The number of aromatic nitrogens is 2.